The lowest BCUT2D eigenvalue weighted by Gasteiger charge is -2.23. The number of rotatable bonds is 8. The van der Waals surface area contributed by atoms with Crippen molar-refractivity contribution in [3.63, 3.8) is 0 Å². The van der Waals surface area contributed by atoms with Crippen molar-refractivity contribution in [1.29, 1.82) is 0 Å². The van der Waals surface area contributed by atoms with Gasteiger partial charge in [0.05, 0.1) is 0 Å². The molecule has 1 aromatic rings. The van der Waals surface area contributed by atoms with E-state index < -0.39 is 0 Å². The van der Waals surface area contributed by atoms with Gasteiger partial charge in [-0.05, 0) is 37.4 Å². The van der Waals surface area contributed by atoms with Crippen LogP contribution in [0.2, 0.25) is 5.02 Å². The monoisotopic (exact) mass is 287 g/mol. The van der Waals surface area contributed by atoms with Crippen LogP contribution in [-0.4, -0.2) is 20.3 Å². The van der Waals surface area contributed by atoms with Gasteiger partial charge in [0.2, 0.25) is 0 Å². The number of benzene rings is 1. The summed E-state index contributed by atoms with van der Waals surface area (Å²) in [5.74, 6) is 0.125. The summed E-state index contributed by atoms with van der Waals surface area (Å²) in [5, 5.41) is 3.83. The molecular weight excluding hydrogens is 265 g/mol. The highest BCUT2D eigenvalue weighted by atomic mass is 35.5. The average Bonchev–Trinajstić information content (AvgIpc) is 2.35. The normalized spacial score (nSPS) is 14.4. The van der Waals surface area contributed by atoms with E-state index in [-0.39, 0.29) is 11.9 Å². The first-order valence-electron chi connectivity index (χ1n) is 6.75. The van der Waals surface area contributed by atoms with Crippen LogP contribution in [0.4, 0.5) is 4.39 Å². The maximum Gasteiger partial charge on any atom is 0.129 e. The Hall–Kier alpha value is -0.640. The van der Waals surface area contributed by atoms with E-state index in [1.165, 1.54) is 6.07 Å². The van der Waals surface area contributed by atoms with E-state index in [4.69, 9.17) is 16.3 Å². The highest BCUT2D eigenvalue weighted by Crippen LogP contribution is 2.26. The van der Waals surface area contributed by atoms with Gasteiger partial charge in [-0.3, -0.25) is 0 Å². The molecule has 0 radical (unpaired) electrons. The summed E-state index contributed by atoms with van der Waals surface area (Å²) in [6.45, 7) is 5.75. The summed E-state index contributed by atoms with van der Waals surface area (Å²) in [4.78, 5) is 0. The van der Waals surface area contributed by atoms with E-state index in [0.717, 1.165) is 19.4 Å². The number of hydrogen-bond donors (Lipinski definition) is 1. The first-order valence-corrected chi connectivity index (χ1v) is 7.13. The van der Waals surface area contributed by atoms with Crippen molar-refractivity contribution >= 4 is 11.6 Å². The van der Waals surface area contributed by atoms with E-state index in [9.17, 15) is 4.39 Å². The van der Waals surface area contributed by atoms with Crippen molar-refractivity contribution in [2.24, 2.45) is 5.92 Å². The molecule has 0 aliphatic rings. The topological polar surface area (TPSA) is 21.3 Å². The Balaban J connectivity index is 2.82. The molecule has 0 fully saturated rings. The zero-order valence-corrected chi connectivity index (χ0v) is 12.6. The Kier molecular flexibility index (Phi) is 7.36. The largest absolute Gasteiger partial charge is 0.384 e. The summed E-state index contributed by atoms with van der Waals surface area (Å²) in [5.41, 5.74) is 0.681. The highest BCUT2D eigenvalue weighted by molar-refractivity contribution is 6.30. The molecule has 0 aliphatic carbocycles. The van der Waals surface area contributed by atoms with Crippen LogP contribution in [0.3, 0.4) is 0 Å². The third-order valence-electron chi connectivity index (χ3n) is 3.07. The Labute approximate surface area is 120 Å². The quantitative estimate of drug-likeness (QED) is 0.774. The molecule has 1 N–H and O–H groups in total. The number of methoxy groups -OCH3 is 1. The molecule has 2 nitrogen and oxygen atoms in total. The molecule has 4 heteroatoms. The van der Waals surface area contributed by atoms with Gasteiger partial charge in [0, 0.05) is 30.3 Å². The molecule has 19 heavy (non-hydrogen) atoms. The highest BCUT2D eigenvalue weighted by Gasteiger charge is 2.18. The Morgan fingerprint density at radius 1 is 1.42 bits per heavy atom. The van der Waals surface area contributed by atoms with Gasteiger partial charge in [-0.25, -0.2) is 4.39 Å². The van der Waals surface area contributed by atoms with Crippen LogP contribution in [0.1, 0.15) is 38.3 Å². The molecule has 2 unspecified atom stereocenters. The molecule has 0 saturated carbocycles. The summed E-state index contributed by atoms with van der Waals surface area (Å²) in [6, 6.07) is 4.88. The van der Waals surface area contributed by atoms with Gasteiger partial charge in [-0.15, -0.1) is 0 Å². The summed E-state index contributed by atoms with van der Waals surface area (Å²) >= 11 is 5.80. The minimum Gasteiger partial charge on any atom is -0.384 e. The first kappa shape index (κ1) is 16.4. The Bertz CT molecular complexity index is 386. The fraction of sp³-hybridized carbons (Fsp3) is 0.600. The van der Waals surface area contributed by atoms with E-state index >= 15 is 0 Å². The summed E-state index contributed by atoms with van der Waals surface area (Å²) < 4.78 is 19.2. The minimum atomic E-state index is -0.245. The van der Waals surface area contributed by atoms with Crippen LogP contribution >= 0.6 is 11.6 Å². The van der Waals surface area contributed by atoms with Gasteiger partial charge in [0.1, 0.15) is 5.82 Å². The molecule has 1 aromatic carbocycles. The zero-order chi connectivity index (χ0) is 14.3. The van der Waals surface area contributed by atoms with Gasteiger partial charge in [-0.1, -0.05) is 31.5 Å². The molecule has 0 amide bonds. The SMILES string of the molecule is CCCNC(CC(C)COC)c1ccc(Cl)cc1F. The predicted octanol–water partition coefficient (Wildman–Crippen LogP) is 4.19. The second kappa shape index (κ2) is 8.51. The predicted molar refractivity (Wildman–Crippen MR) is 78.1 cm³/mol. The molecule has 0 aliphatic heterocycles. The van der Waals surface area contributed by atoms with Crippen LogP contribution in [0.5, 0.6) is 0 Å². The fourth-order valence-electron chi connectivity index (χ4n) is 2.18. The molecule has 0 saturated heterocycles. The lowest BCUT2D eigenvalue weighted by Crippen LogP contribution is -2.26. The van der Waals surface area contributed by atoms with Gasteiger partial charge in [0.15, 0.2) is 0 Å². The summed E-state index contributed by atoms with van der Waals surface area (Å²) in [6.07, 6.45) is 1.86. The van der Waals surface area contributed by atoms with Crippen molar-refractivity contribution in [1.82, 2.24) is 5.32 Å². The van der Waals surface area contributed by atoms with Crippen molar-refractivity contribution in [3.05, 3.63) is 34.6 Å². The molecule has 0 heterocycles. The smallest absolute Gasteiger partial charge is 0.129 e. The average molecular weight is 288 g/mol. The van der Waals surface area contributed by atoms with Crippen LogP contribution in [-0.2, 0) is 4.74 Å². The van der Waals surface area contributed by atoms with Crippen LogP contribution in [0.15, 0.2) is 18.2 Å². The molecule has 0 spiro atoms. The lowest BCUT2D eigenvalue weighted by atomic mass is 9.95. The van der Waals surface area contributed by atoms with Crippen molar-refractivity contribution < 1.29 is 9.13 Å². The molecule has 108 valence electrons. The third kappa shape index (κ3) is 5.47. The minimum absolute atomic E-state index is 0.00219. The van der Waals surface area contributed by atoms with Gasteiger partial charge >= 0.3 is 0 Å². The van der Waals surface area contributed by atoms with Gasteiger partial charge < -0.3 is 10.1 Å². The number of ether oxygens (including phenoxy) is 1. The van der Waals surface area contributed by atoms with Crippen molar-refractivity contribution in [2.45, 2.75) is 32.7 Å². The molecule has 2 atom stereocenters. The standard InChI is InChI=1S/C15H23ClFNO/c1-4-7-18-15(8-11(2)10-19-3)13-6-5-12(16)9-14(13)17/h5-6,9,11,15,18H,4,7-8,10H2,1-3H3. The first-order chi connectivity index (χ1) is 9.08. The van der Waals surface area contributed by atoms with E-state index in [2.05, 4.69) is 19.2 Å². The van der Waals surface area contributed by atoms with Crippen LogP contribution in [0, 0.1) is 11.7 Å². The van der Waals surface area contributed by atoms with Crippen molar-refractivity contribution in [2.75, 3.05) is 20.3 Å². The zero-order valence-electron chi connectivity index (χ0n) is 11.9. The van der Waals surface area contributed by atoms with Crippen LogP contribution in [0.25, 0.3) is 0 Å². The van der Waals surface area contributed by atoms with Gasteiger partial charge in [-0.2, -0.15) is 0 Å². The Morgan fingerprint density at radius 3 is 2.74 bits per heavy atom. The van der Waals surface area contributed by atoms with E-state index in [0.29, 0.717) is 23.1 Å². The number of halogens is 2. The molecule has 0 bridgehead atoms. The van der Waals surface area contributed by atoms with E-state index in [1.807, 2.05) is 0 Å². The fourth-order valence-corrected chi connectivity index (χ4v) is 2.34. The molecule has 0 aromatic heterocycles. The summed E-state index contributed by atoms with van der Waals surface area (Å²) in [7, 11) is 1.69. The molecule has 1 rings (SSSR count). The van der Waals surface area contributed by atoms with E-state index in [1.54, 1.807) is 19.2 Å². The maximum absolute atomic E-state index is 14.0. The number of nitrogens with one attached hydrogen (secondary N) is 1. The third-order valence-corrected chi connectivity index (χ3v) is 3.30. The Morgan fingerprint density at radius 2 is 2.16 bits per heavy atom. The number of hydrogen-bond acceptors (Lipinski definition) is 2. The lowest BCUT2D eigenvalue weighted by molar-refractivity contribution is 0.149. The maximum atomic E-state index is 14.0. The van der Waals surface area contributed by atoms with Gasteiger partial charge in [0.25, 0.3) is 0 Å². The van der Waals surface area contributed by atoms with Crippen molar-refractivity contribution in [3.8, 4) is 0 Å². The second-order valence-electron chi connectivity index (χ2n) is 4.97. The molecular formula is C15H23ClFNO. The van der Waals surface area contributed by atoms with Crippen LogP contribution < -0.4 is 5.32 Å². The second-order valence-corrected chi connectivity index (χ2v) is 5.41.